The SMILES string of the molecule is COc1ccc(N(C)S(=O)(=O)c2ccc(C(=O)Nc3nc(-c4ccc(NC(C)O)cc4)cs3)cc2)cc1. The molecule has 0 saturated carbocycles. The topological polar surface area (TPSA) is 121 Å². The second-order valence-corrected chi connectivity index (χ2v) is 10.9. The molecule has 0 aliphatic carbocycles. The molecule has 0 saturated heterocycles. The zero-order valence-corrected chi connectivity index (χ0v) is 22.0. The van der Waals surface area contributed by atoms with Crippen molar-refractivity contribution >= 4 is 43.8 Å². The summed E-state index contributed by atoms with van der Waals surface area (Å²) in [5.41, 5.74) is 3.13. The molecule has 1 atom stereocenters. The summed E-state index contributed by atoms with van der Waals surface area (Å²) in [5, 5.41) is 17.3. The number of methoxy groups -OCH3 is 1. The summed E-state index contributed by atoms with van der Waals surface area (Å²) < 4.78 is 32.4. The fourth-order valence-corrected chi connectivity index (χ4v) is 5.39. The number of carbonyl (C=O) groups is 1. The molecule has 0 spiro atoms. The molecule has 3 aromatic carbocycles. The van der Waals surface area contributed by atoms with E-state index >= 15 is 0 Å². The first-order valence-corrected chi connectivity index (χ1v) is 13.5. The van der Waals surface area contributed by atoms with Crippen molar-refractivity contribution in [2.45, 2.75) is 18.0 Å². The van der Waals surface area contributed by atoms with Gasteiger partial charge in [0.05, 0.1) is 23.4 Å². The van der Waals surface area contributed by atoms with Crippen LogP contribution in [0.1, 0.15) is 17.3 Å². The molecule has 0 aliphatic heterocycles. The van der Waals surface area contributed by atoms with Crippen LogP contribution < -0.4 is 19.7 Å². The Morgan fingerprint density at radius 3 is 2.27 bits per heavy atom. The standard InChI is InChI=1S/C26H26N4O5S2/c1-17(31)27-20-8-4-18(5-9-20)24-16-36-26(28-24)29-25(32)19-6-14-23(15-7-19)37(33,34)30(2)21-10-12-22(35-3)13-11-21/h4-17,27,31H,1-3H3,(H,28,29,32). The largest absolute Gasteiger partial charge is 0.497 e. The molecule has 1 unspecified atom stereocenters. The van der Waals surface area contributed by atoms with Gasteiger partial charge in [0.2, 0.25) is 0 Å². The fraction of sp³-hybridized carbons (Fsp3) is 0.154. The zero-order chi connectivity index (χ0) is 26.6. The molecule has 9 nitrogen and oxygen atoms in total. The lowest BCUT2D eigenvalue weighted by atomic mass is 10.1. The maximum Gasteiger partial charge on any atom is 0.264 e. The monoisotopic (exact) mass is 538 g/mol. The van der Waals surface area contributed by atoms with Crippen LogP contribution in [0.5, 0.6) is 5.75 Å². The molecular weight excluding hydrogens is 512 g/mol. The highest BCUT2D eigenvalue weighted by atomic mass is 32.2. The third kappa shape index (κ3) is 6.08. The summed E-state index contributed by atoms with van der Waals surface area (Å²) in [6, 6.07) is 19.8. The Morgan fingerprint density at radius 1 is 1.03 bits per heavy atom. The molecule has 1 heterocycles. The summed E-state index contributed by atoms with van der Waals surface area (Å²) >= 11 is 1.28. The van der Waals surface area contributed by atoms with Crippen molar-refractivity contribution in [2.24, 2.45) is 0 Å². The first-order valence-electron chi connectivity index (χ1n) is 11.2. The summed E-state index contributed by atoms with van der Waals surface area (Å²) in [6.07, 6.45) is -0.657. The van der Waals surface area contributed by atoms with Gasteiger partial charge in [-0.05, 0) is 67.6 Å². The van der Waals surface area contributed by atoms with Crippen molar-refractivity contribution < 1.29 is 23.1 Å². The van der Waals surface area contributed by atoms with Crippen LogP contribution in [0.2, 0.25) is 0 Å². The van der Waals surface area contributed by atoms with E-state index in [9.17, 15) is 18.3 Å². The Hall–Kier alpha value is -3.93. The maximum atomic E-state index is 13.0. The molecular formula is C26H26N4O5S2. The van der Waals surface area contributed by atoms with Crippen LogP contribution in [0.4, 0.5) is 16.5 Å². The van der Waals surface area contributed by atoms with Crippen molar-refractivity contribution in [3.05, 3.63) is 83.7 Å². The summed E-state index contributed by atoms with van der Waals surface area (Å²) in [6.45, 7) is 1.64. The van der Waals surface area contributed by atoms with Crippen LogP contribution >= 0.6 is 11.3 Å². The number of rotatable bonds is 9. The van der Waals surface area contributed by atoms with Gasteiger partial charge < -0.3 is 15.2 Å². The first-order chi connectivity index (χ1) is 17.7. The van der Waals surface area contributed by atoms with Crippen LogP contribution in [0.3, 0.4) is 0 Å². The number of amides is 1. The van der Waals surface area contributed by atoms with Gasteiger partial charge in [0.25, 0.3) is 15.9 Å². The number of nitrogens with one attached hydrogen (secondary N) is 2. The number of hydrogen-bond acceptors (Lipinski definition) is 8. The number of carbonyl (C=O) groups excluding carboxylic acids is 1. The Kier molecular flexibility index (Phi) is 7.77. The lowest BCUT2D eigenvalue weighted by molar-refractivity contribution is 0.102. The van der Waals surface area contributed by atoms with Crippen LogP contribution in [-0.2, 0) is 10.0 Å². The lowest BCUT2D eigenvalue weighted by Crippen LogP contribution is -2.26. The molecule has 4 aromatic rings. The second-order valence-electron chi connectivity index (χ2n) is 8.08. The van der Waals surface area contributed by atoms with Gasteiger partial charge in [-0.1, -0.05) is 12.1 Å². The Balaban J connectivity index is 1.43. The third-order valence-corrected chi connectivity index (χ3v) is 8.05. The molecule has 3 N–H and O–H groups in total. The Bertz CT molecular complexity index is 1470. The normalized spacial score (nSPS) is 12.0. The number of hydrogen-bond donors (Lipinski definition) is 3. The number of nitrogens with zero attached hydrogens (tertiary/aromatic N) is 2. The molecule has 0 fully saturated rings. The molecule has 0 bridgehead atoms. The summed E-state index contributed by atoms with van der Waals surface area (Å²) in [5.74, 6) is 0.227. The van der Waals surface area contributed by atoms with E-state index in [0.717, 1.165) is 11.3 Å². The molecule has 11 heteroatoms. The van der Waals surface area contributed by atoms with E-state index in [2.05, 4.69) is 15.6 Å². The zero-order valence-electron chi connectivity index (χ0n) is 20.4. The number of anilines is 3. The van der Waals surface area contributed by atoms with Gasteiger partial charge in [-0.2, -0.15) is 0 Å². The third-order valence-electron chi connectivity index (χ3n) is 5.49. The van der Waals surface area contributed by atoms with Gasteiger partial charge in [0.1, 0.15) is 12.0 Å². The van der Waals surface area contributed by atoms with Crippen LogP contribution in [0.25, 0.3) is 11.3 Å². The quantitative estimate of drug-likeness (QED) is 0.265. The average molecular weight is 539 g/mol. The van der Waals surface area contributed by atoms with Crippen molar-refractivity contribution in [1.82, 2.24) is 4.98 Å². The number of benzene rings is 3. The highest BCUT2D eigenvalue weighted by Gasteiger charge is 2.22. The average Bonchev–Trinajstić information content (AvgIpc) is 3.36. The Labute approximate surface area is 219 Å². The molecule has 37 heavy (non-hydrogen) atoms. The number of aromatic nitrogens is 1. The van der Waals surface area contributed by atoms with Crippen molar-refractivity contribution in [3.63, 3.8) is 0 Å². The van der Waals surface area contributed by atoms with E-state index in [0.29, 0.717) is 27.8 Å². The molecule has 4 rings (SSSR count). The minimum atomic E-state index is -3.82. The summed E-state index contributed by atoms with van der Waals surface area (Å²) in [7, 11) is -0.811. The van der Waals surface area contributed by atoms with Gasteiger partial charge in [0.15, 0.2) is 5.13 Å². The molecule has 192 valence electrons. The van der Waals surface area contributed by atoms with Crippen molar-refractivity contribution in [3.8, 4) is 17.0 Å². The van der Waals surface area contributed by atoms with Crippen LogP contribution in [0, 0.1) is 0 Å². The first kappa shape index (κ1) is 26.1. The van der Waals surface area contributed by atoms with Gasteiger partial charge in [-0.15, -0.1) is 11.3 Å². The number of sulfonamides is 1. The van der Waals surface area contributed by atoms with Crippen molar-refractivity contribution in [1.29, 1.82) is 0 Å². The highest BCUT2D eigenvalue weighted by Crippen LogP contribution is 2.27. The maximum absolute atomic E-state index is 13.0. The highest BCUT2D eigenvalue weighted by molar-refractivity contribution is 7.92. The lowest BCUT2D eigenvalue weighted by Gasteiger charge is -2.20. The van der Waals surface area contributed by atoms with E-state index in [1.54, 1.807) is 31.2 Å². The van der Waals surface area contributed by atoms with Gasteiger partial charge in [0, 0.05) is 29.2 Å². The van der Waals surface area contributed by atoms with E-state index in [-0.39, 0.29) is 4.90 Å². The van der Waals surface area contributed by atoms with Crippen molar-refractivity contribution in [2.75, 3.05) is 29.1 Å². The van der Waals surface area contributed by atoms with E-state index < -0.39 is 22.2 Å². The smallest absolute Gasteiger partial charge is 0.264 e. The number of ether oxygens (including phenoxy) is 1. The second kappa shape index (κ2) is 11.0. The number of aliphatic hydroxyl groups is 1. The van der Waals surface area contributed by atoms with E-state index in [1.165, 1.54) is 54.1 Å². The minimum Gasteiger partial charge on any atom is -0.497 e. The van der Waals surface area contributed by atoms with E-state index in [1.807, 2.05) is 29.6 Å². The molecule has 1 aromatic heterocycles. The molecule has 0 aliphatic rings. The van der Waals surface area contributed by atoms with Gasteiger partial charge in [-0.3, -0.25) is 14.4 Å². The van der Waals surface area contributed by atoms with Gasteiger partial charge >= 0.3 is 0 Å². The summed E-state index contributed by atoms with van der Waals surface area (Å²) in [4.78, 5) is 17.3. The van der Waals surface area contributed by atoms with E-state index in [4.69, 9.17) is 4.74 Å². The predicted octanol–water partition coefficient (Wildman–Crippen LogP) is 4.65. The van der Waals surface area contributed by atoms with Crippen LogP contribution in [0.15, 0.2) is 83.1 Å². The predicted molar refractivity (Wildman–Crippen MR) is 146 cm³/mol. The van der Waals surface area contributed by atoms with Crippen LogP contribution in [-0.4, -0.2) is 44.8 Å². The molecule has 1 amide bonds. The number of aliphatic hydroxyl groups excluding tert-OH is 1. The number of thiazole rings is 1. The fourth-order valence-electron chi connectivity index (χ4n) is 3.48. The Morgan fingerprint density at radius 2 is 1.68 bits per heavy atom. The minimum absolute atomic E-state index is 0.0624. The van der Waals surface area contributed by atoms with Gasteiger partial charge in [-0.25, -0.2) is 13.4 Å². The molecule has 0 radical (unpaired) electrons.